The second-order valence-electron chi connectivity index (χ2n) is 5.71. The first-order valence-electron chi connectivity index (χ1n) is 6.98. The fourth-order valence-corrected chi connectivity index (χ4v) is 3.52. The maximum absolute atomic E-state index is 12.0. The zero-order valence-electron chi connectivity index (χ0n) is 10.7. The van der Waals surface area contributed by atoms with Crippen LogP contribution in [0.3, 0.4) is 0 Å². The van der Waals surface area contributed by atoms with Crippen LogP contribution in [0.25, 0.3) is 0 Å². The largest absolute Gasteiger partial charge is 0.309 e. The fraction of sp³-hybridized carbons (Fsp3) is 0.714. The summed E-state index contributed by atoms with van der Waals surface area (Å²) in [6.45, 7) is 2.25. The van der Waals surface area contributed by atoms with Gasteiger partial charge in [0.05, 0.1) is 5.69 Å². The van der Waals surface area contributed by atoms with Gasteiger partial charge in [-0.1, -0.05) is 13.3 Å². The summed E-state index contributed by atoms with van der Waals surface area (Å²) in [5, 5.41) is 0. The zero-order chi connectivity index (χ0) is 12.7. The number of hydrogen-bond acceptors (Lipinski definition) is 2. The van der Waals surface area contributed by atoms with E-state index in [1.54, 1.807) is 0 Å². The highest BCUT2D eigenvalue weighted by Crippen LogP contribution is 2.43. The summed E-state index contributed by atoms with van der Waals surface area (Å²) in [4.78, 5) is 19.7. The van der Waals surface area contributed by atoms with Crippen LogP contribution in [0.4, 0.5) is 0 Å². The lowest BCUT2D eigenvalue weighted by atomic mass is 10.0. The molecule has 2 atom stereocenters. The first-order valence-corrected chi connectivity index (χ1v) is 7.78. The second-order valence-corrected chi connectivity index (χ2v) is 6.50. The van der Waals surface area contributed by atoms with E-state index in [4.69, 9.17) is 4.98 Å². The van der Waals surface area contributed by atoms with Gasteiger partial charge in [-0.15, -0.1) is 0 Å². The van der Waals surface area contributed by atoms with Crippen LogP contribution in [0.15, 0.2) is 9.27 Å². The predicted octanol–water partition coefficient (Wildman–Crippen LogP) is 3.70. The molecule has 2 aliphatic carbocycles. The molecule has 2 fully saturated rings. The summed E-state index contributed by atoms with van der Waals surface area (Å²) in [6, 6.07) is 0. The van der Waals surface area contributed by atoms with E-state index in [0.29, 0.717) is 16.3 Å². The summed E-state index contributed by atoms with van der Waals surface area (Å²) < 4.78 is 0.652. The van der Waals surface area contributed by atoms with E-state index in [9.17, 15) is 4.79 Å². The lowest BCUT2D eigenvalue weighted by molar-refractivity contribution is 0.515. The van der Waals surface area contributed by atoms with Crippen molar-refractivity contribution in [2.24, 2.45) is 5.92 Å². The lowest BCUT2D eigenvalue weighted by Crippen LogP contribution is -2.17. The number of nitrogens with one attached hydrogen (secondary N) is 1. The quantitative estimate of drug-likeness (QED) is 0.925. The number of aromatic nitrogens is 2. The molecule has 0 spiro atoms. The van der Waals surface area contributed by atoms with Crippen molar-refractivity contribution in [2.75, 3.05) is 0 Å². The van der Waals surface area contributed by atoms with Gasteiger partial charge in [-0.05, 0) is 54.0 Å². The zero-order valence-corrected chi connectivity index (χ0v) is 12.3. The van der Waals surface area contributed by atoms with Gasteiger partial charge in [0, 0.05) is 11.8 Å². The average Bonchev–Trinajstić information content (AvgIpc) is 3.09. The number of aromatic amines is 1. The van der Waals surface area contributed by atoms with Crippen LogP contribution in [0.5, 0.6) is 0 Å². The normalized spacial score (nSPS) is 27.7. The van der Waals surface area contributed by atoms with Crippen molar-refractivity contribution in [2.45, 2.75) is 57.3 Å². The van der Waals surface area contributed by atoms with Gasteiger partial charge in [0.25, 0.3) is 5.56 Å². The molecule has 2 unspecified atom stereocenters. The Labute approximate surface area is 116 Å². The van der Waals surface area contributed by atoms with Gasteiger partial charge in [-0.25, -0.2) is 4.98 Å². The van der Waals surface area contributed by atoms with Crippen LogP contribution >= 0.6 is 15.9 Å². The maximum Gasteiger partial charge on any atom is 0.265 e. The summed E-state index contributed by atoms with van der Waals surface area (Å²) >= 11 is 3.38. The minimum Gasteiger partial charge on any atom is -0.309 e. The second kappa shape index (κ2) is 4.80. The molecule has 4 heteroatoms. The molecule has 1 aromatic heterocycles. The topological polar surface area (TPSA) is 45.8 Å². The molecule has 1 heterocycles. The number of hydrogen-bond donors (Lipinski definition) is 1. The first kappa shape index (κ1) is 12.4. The van der Waals surface area contributed by atoms with Crippen molar-refractivity contribution in [3.8, 4) is 0 Å². The standard InChI is InChI=1S/C14H19BrN2O/c1-2-8-3-4-10(7-8)13-16-12(9-5-6-9)11(15)14(18)17-13/h8-10H,2-7H2,1H3,(H,16,17,18). The third kappa shape index (κ3) is 2.27. The smallest absolute Gasteiger partial charge is 0.265 e. The van der Waals surface area contributed by atoms with Crippen molar-refractivity contribution in [3.05, 3.63) is 26.3 Å². The molecule has 0 amide bonds. The van der Waals surface area contributed by atoms with E-state index in [0.717, 1.165) is 17.4 Å². The van der Waals surface area contributed by atoms with Gasteiger partial charge in [0.2, 0.25) is 0 Å². The Hall–Kier alpha value is -0.640. The molecule has 98 valence electrons. The highest BCUT2D eigenvalue weighted by Gasteiger charge is 2.31. The molecule has 0 bridgehead atoms. The van der Waals surface area contributed by atoms with Crippen LogP contribution in [0, 0.1) is 5.92 Å². The van der Waals surface area contributed by atoms with Crippen LogP contribution in [0.2, 0.25) is 0 Å². The minimum atomic E-state index is 0.00171. The summed E-state index contributed by atoms with van der Waals surface area (Å²) in [7, 11) is 0. The molecule has 18 heavy (non-hydrogen) atoms. The van der Waals surface area contributed by atoms with E-state index in [2.05, 4.69) is 27.8 Å². The van der Waals surface area contributed by atoms with Gasteiger partial charge in [-0.3, -0.25) is 4.79 Å². The SMILES string of the molecule is CCC1CCC(c2nc(C3CC3)c(Br)c(=O)[nH]2)C1. The molecule has 2 aliphatic rings. The van der Waals surface area contributed by atoms with E-state index >= 15 is 0 Å². The number of rotatable bonds is 3. The molecular weight excluding hydrogens is 292 g/mol. The van der Waals surface area contributed by atoms with Gasteiger partial charge in [0.1, 0.15) is 10.3 Å². The van der Waals surface area contributed by atoms with Gasteiger partial charge in [-0.2, -0.15) is 0 Å². The molecule has 3 rings (SSSR count). The highest BCUT2D eigenvalue weighted by atomic mass is 79.9. The van der Waals surface area contributed by atoms with Crippen LogP contribution in [-0.4, -0.2) is 9.97 Å². The first-order chi connectivity index (χ1) is 8.69. The molecule has 0 aliphatic heterocycles. The number of halogens is 1. The Morgan fingerprint density at radius 3 is 2.61 bits per heavy atom. The predicted molar refractivity (Wildman–Crippen MR) is 74.9 cm³/mol. The third-order valence-electron chi connectivity index (χ3n) is 4.38. The Morgan fingerprint density at radius 2 is 2.00 bits per heavy atom. The summed E-state index contributed by atoms with van der Waals surface area (Å²) in [5.41, 5.74) is 0.996. The summed E-state index contributed by atoms with van der Waals surface area (Å²) in [6.07, 6.45) is 7.23. The van der Waals surface area contributed by atoms with Gasteiger partial charge in [0.15, 0.2) is 0 Å². The molecule has 3 nitrogen and oxygen atoms in total. The molecule has 1 aromatic rings. The monoisotopic (exact) mass is 310 g/mol. The van der Waals surface area contributed by atoms with Crippen molar-refractivity contribution >= 4 is 15.9 Å². The third-order valence-corrected chi connectivity index (χ3v) is 5.14. The molecule has 2 saturated carbocycles. The molecule has 0 saturated heterocycles. The van der Waals surface area contributed by atoms with Crippen LogP contribution in [0.1, 0.15) is 68.8 Å². The highest BCUT2D eigenvalue weighted by molar-refractivity contribution is 9.10. The maximum atomic E-state index is 12.0. The minimum absolute atomic E-state index is 0.00171. The van der Waals surface area contributed by atoms with Crippen LogP contribution < -0.4 is 5.56 Å². The molecule has 0 aromatic carbocycles. The summed E-state index contributed by atoms with van der Waals surface area (Å²) in [5.74, 6) is 2.73. The van der Waals surface area contributed by atoms with E-state index in [1.165, 1.54) is 38.5 Å². The number of nitrogens with zero attached hydrogens (tertiary/aromatic N) is 1. The van der Waals surface area contributed by atoms with E-state index in [1.807, 2.05) is 0 Å². The van der Waals surface area contributed by atoms with Gasteiger partial charge >= 0.3 is 0 Å². The van der Waals surface area contributed by atoms with Crippen molar-refractivity contribution in [1.82, 2.24) is 9.97 Å². The molecular formula is C14H19BrN2O. The van der Waals surface area contributed by atoms with Gasteiger partial charge < -0.3 is 4.98 Å². The number of H-pyrrole nitrogens is 1. The Balaban J connectivity index is 1.91. The molecule has 0 radical (unpaired) electrons. The lowest BCUT2D eigenvalue weighted by Gasteiger charge is -2.11. The fourth-order valence-electron chi connectivity index (χ4n) is 3.01. The Morgan fingerprint density at radius 1 is 1.28 bits per heavy atom. The van der Waals surface area contributed by atoms with Crippen molar-refractivity contribution in [3.63, 3.8) is 0 Å². The Bertz CT molecular complexity index is 507. The Kier molecular flexibility index (Phi) is 3.31. The molecule has 1 N–H and O–H groups in total. The average molecular weight is 311 g/mol. The van der Waals surface area contributed by atoms with Crippen LogP contribution in [-0.2, 0) is 0 Å². The van der Waals surface area contributed by atoms with Crippen molar-refractivity contribution in [1.29, 1.82) is 0 Å². The van der Waals surface area contributed by atoms with E-state index in [-0.39, 0.29) is 5.56 Å². The van der Waals surface area contributed by atoms with E-state index < -0.39 is 0 Å². The van der Waals surface area contributed by atoms with Crippen molar-refractivity contribution < 1.29 is 0 Å².